The molecule has 1 nitrogen and oxygen atoms in total. The molecule has 0 aliphatic rings. The first kappa shape index (κ1) is 13.6. The van der Waals surface area contributed by atoms with E-state index in [9.17, 15) is 5.11 Å². The van der Waals surface area contributed by atoms with Crippen molar-refractivity contribution in [3.8, 4) is 28.0 Å². The lowest BCUT2D eigenvalue weighted by molar-refractivity contribution is 0.476. The Kier molecular flexibility index (Phi) is 3.32. The van der Waals surface area contributed by atoms with Gasteiger partial charge in [-0.3, -0.25) is 0 Å². The molecule has 0 aliphatic heterocycles. The largest absolute Gasteiger partial charge is 0.508 e. The van der Waals surface area contributed by atoms with E-state index in [0.717, 1.165) is 10.8 Å². The van der Waals surface area contributed by atoms with Crippen LogP contribution in [0.5, 0.6) is 5.75 Å². The summed E-state index contributed by atoms with van der Waals surface area (Å²) in [6, 6.07) is 30.7. The van der Waals surface area contributed by atoms with Crippen LogP contribution in [0, 0.1) is 0 Å². The summed E-state index contributed by atoms with van der Waals surface area (Å²) in [6.07, 6.45) is 0. The number of fused-ring (bicyclic) bond motifs is 1. The summed E-state index contributed by atoms with van der Waals surface area (Å²) in [5.74, 6) is 0.300. The van der Waals surface area contributed by atoms with Crippen LogP contribution in [-0.4, -0.2) is 5.11 Å². The van der Waals surface area contributed by atoms with E-state index in [2.05, 4.69) is 54.6 Å². The molecule has 0 fully saturated rings. The maximum Gasteiger partial charge on any atom is 0.116 e. The number of hydrogen-bond donors (Lipinski definition) is 1. The van der Waals surface area contributed by atoms with Crippen molar-refractivity contribution in [3.05, 3.63) is 91.0 Å². The molecule has 0 saturated heterocycles. The zero-order valence-electron chi connectivity index (χ0n) is 12.6. The first-order valence-corrected chi connectivity index (χ1v) is 7.69. The van der Waals surface area contributed by atoms with E-state index in [1.54, 1.807) is 12.1 Å². The van der Waals surface area contributed by atoms with Crippen LogP contribution in [0.2, 0.25) is 0 Å². The van der Waals surface area contributed by atoms with Crippen LogP contribution in [0.1, 0.15) is 0 Å². The van der Waals surface area contributed by atoms with Crippen LogP contribution in [-0.2, 0) is 0 Å². The van der Waals surface area contributed by atoms with Crippen LogP contribution in [0.15, 0.2) is 91.0 Å². The highest BCUT2D eigenvalue weighted by molar-refractivity contribution is 5.97. The molecule has 23 heavy (non-hydrogen) atoms. The summed E-state index contributed by atoms with van der Waals surface area (Å²) < 4.78 is 0. The summed E-state index contributed by atoms with van der Waals surface area (Å²) in [6.45, 7) is 0. The average molecular weight is 296 g/mol. The van der Waals surface area contributed by atoms with Gasteiger partial charge in [-0.05, 0) is 45.2 Å². The molecule has 0 saturated carbocycles. The van der Waals surface area contributed by atoms with E-state index < -0.39 is 0 Å². The lowest BCUT2D eigenvalue weighted by Crippen LogP contribution is -1.83. The third kappa shape index (κ3) is 2.58. The summed E-state index contributed by atoms with van der Waals surface area (Å²) in [5, 5.41) is 11.9. The van der Waals surface area contributed by atoms with Crippen molar-refractivity contribution in [2.75, 3.05) is 0 Å². The van der Waals surface area contributed by atoms with Gasteiger partial charge in [-0.1, -0.05) is 78.9 Å². The van der Waals surface area contributed by atoms with E-state index in [0.29, 0.717) is 5.75 Å². The van der Waals surface area contributed by atoms with Gasteiger partial charge in [0, 0.05) is 0 Å². The highest BCUT2D eigenvalue weighted by Gasteiger charge is 2.05. The number of hydrogen-bond acceptors (Lipinski definition) is 1. The third-order valence-electron chi connectivity index (χ3n) is 4.17. The topological polar surface area (TPSA) is 20.2 Å². The molecule has 0 radical (unpaired) electrons. The molecule has 0 aromatic heterocycles. The molecular weight excluding hydrogens is 280 g/mol. The van der Waals surface area contributed by atoms with E-state index >= 15 is 0 Å². The molecule has 0 spiro atoms. The predicted octanol–water partition coefficient (Wildman–Crippen LogP) is 5.88. The second-order valence-electron chi connectivity index (χ2n) is 5.65. The van der Waals surface area contributed by atoms with E-state index in [1.165, 1.54) is 22.3 Å². The van der Waals surface area contributed by atoms with Crippen LogP contribution in [0.4, 0.5) is 0 Å². The van der Waals surface area contributed by atoms with Crippen molar-refractivity contribution < 1.29 is 5.11 Å². The molecule has 0 unspecified atom stereocenters. The minimum Gasteiger partial charge on any atom is -0.508 e. The number of benzene rings is 4. The Bertz CT molecular complexity index is 954. The highest BCUT2D eigenvalue weighted by Crippen LogP contribution is 2.31. The average Bonchev–Trinajstić information content (AvgIpc) is 2.62. The molecule has 0 bridgehead atoms. The molecule has 0 amide bonds. The predicted molar refractivity (Wildman–Crippen MR) is 96.5 cm³/mol. The fourth-order valence-corrected chi connectivity index (χ4v) is 3.00. The highest BCUT2D eigenvalue weighted by atomic mass is 16.3. The first-order valence-electron chi connectivity index (χ1n) is 7.69. The van der Waals surface area contributed by atoms with Gasteiger partial charge in [0.1, 0.15) is 5.75 Å². The Hall–Kier alpha value is -3.06. The Balaban J connectivity index is 1.80. The van der Waals surface area contributed by atoms with Gasteiger partial charge >= 0.3 is 0 Å². The van der Waals surface area contributed by atoms with Gasteiger partial charge in [0.2, 0.25) is 0 Å². The lowest BCUT2D eigenvalue weighted by Gasteiger charge is -2.09. The Morgan fingerprint density at radius 1 is 0.522 bits per heavy atom. The first-order chi connectivity index (χ1) is 11.3. The molecule has 4 aromatic carbocycles. The van der Waals surface area contributed by atoms with Crippen LogP contribution >= 0.6 is 0 Å². The Morgan fingerprint density at radius 2 is 1.22 bits per heavy atom. The zero-order chi connectivity index (χ0) is 15.6. The van der Waals surface area contributed by atoms with Gasteiger partial charge in [0.25, 0.3) is 0 Å². The van der Waals surface area contributed by atoms with Crippen molar-refractivity contribution in [1.82, 2.24) is 0 Å². The van der Waals surface area contributed by atoms with Crippen LogP contribution < -0.4 is 0 Å². The summed E-state index contributed by atoms with van der Waals surface area (Å²) in [5.41, 5.74) is 4.80. The molecule has 0 aliphatic carbocycles. The van der Waals surface area contributed by atoms with Crippen molar-refractivity contribution in [2.24, 2.45) is 0 Å². The van der Waals surface area contributed by atoms with Gasteiger partial charge < -0.3 is 5.11 Å². The number of rotatable bonds is 2. The second-order valence-corrected chi connectivity index (χ2v) is 5.65. The maximum absolute atomic E-state index is 9.65. The molecule has 110 valence electrons. The van der Waals surface area contributed by atoms with Gasteiger partial charge in [-0.15, -0.1) is 0 Å². The molecule has 1 heteroatoms. The number of phenols is 1. The van der Waals surface area contributed by atoms with Crippen LogP contribution in [0.3, 0.4) is 0 Å². The standard InChI is InChI=1S/C22H16O/c23-20-13-14-22-19(15-20)7-4-8-21(22)18-11-9-17(10-12-18)16-5-2-1-3-6-16/h1-15,23H. The monoisotopic (exact) mass is 296 g/mol. The van der Waals surface area contributed by atoms with E-state index in [4.69, 9.17) is 0 Å². The molecule has 0 heterocycles. The lowest BCUT2D eigenvalue weighted by atomic mass is 9.96. The Morgan fingerprint density at radius 3 is 2.00 bits per heavy atom. The van der Waals surface area contributed by atoms with Gasteiger partial charge in [-0.25, -0.2) is 0 Å². The van der Waals surface area contributed by atoms with Gasteiger partial charge in [0.05, 0.1) is 0 Å². The molecule has 0 atom stereocenters. The molecule has 4 aromatic rings. The van der Waals surface area contributed by atoms with Crippen molar-refractivity contribution >= 4 is 10.8 Å². The minimum absolute atomic E-state index is 0.300. The van der Waals surface area contributed by atoms with Gasteiger partial charge in [0.15, 0.2) is 0 Å². The molecule has 4 rings (SSSR count). The number of aromatic hydroxyl groups is 1. The van der Waals surface area contributed by atoms with Crippen molar-refractivity contribution in [1.29, 1.82) is 0 Å². The minimum atomic E-state index is 0.300. The van der Waals surface area contributed by atoms with E-state index in [-0.39, 0.29) is 0 Å². The second kappa shape index (κ2) is 5.62. The SMILES string of the molecule is Oc1ccc2c(-c3ccc(-c4ccccc4)cc3)cccc2c1. The third-order valence-corrected chi connectivity index (χ3v) is 4.17. The molecule has 1 N–H and O–H groups in total. The maximum atomic E-state index is 9.65. The van der Waals surface area contributed by atoms with Crippen molar-refractivity contribution in [2.45, 2.75) is 0 Å². The normalized spacial score (nSPS) is 10.8. The summed E-state index contributed by atoms with van der Waals surface area (Å²) in [4.78, 5) is 0. The summed E-state index contributed by atoms with van der Waals surface area (Å²) >= 11 is 0. The molecular formula is C22H16O. The van der Waals surface area contributed by atoms with Crippen LogP contribution in [0.25, 0.3) is 33.0 Å². The van der Waals surface area contributed by atoms with Crippen molar-refractivity contribution in [3.63, 3.8) is 0 Å². The quantitative estimate of drug-likeness (QED) is 0.490. The van der Waals surface area contributed by atoms with E-state index in [1.807, 2.05) is 24.3 Å². The fraction of sp³-hybridized carbons (Fsp3) is 0. The number of phenolic OH excluding ortho intramolecular Hbond substituents is 1. The fourth-order valence-electron chi connectivity index (χ4n) is 3.00. The summed E-state index contributed by atoms with van der Waals surface area (Å²) in [7, 11) is 0. The smallest absolute Gasteiger partial charge is 0.116 e. The zero-order valence-corrected chi connectivity index (χ0v) is 12.6. The van der Waals surface area contributed by atoms with Gasteiger partial charge in [-0.2, -0.15) is 0 Å². The Labute approximate surface area is 135 Å².